The SMILES string of the molecule is CC(C)(C)C[C@@H]1CC(c2ccc(-c3cccnc3)cc2)=NO1. The molecular formula is C19H22N2O. The summed E-state index contributed by atoms with van der Waals surface area (Å²) >= 11 is 0. The van der Waals surface area contributed by atoms with Crippen LogP contribution >= 0.6 is 0 Å². The fourth-order valence-electron chi connectivity index (χ4n) is 2.78. The van der Waals surface area contributed by atoms with Gasteiger partial charge in [-0.3, -0.25) is 4.98 Å². The topological polar surface area (TPSA) is 34.5 Å². The van der Waals surface area contributed by atoms with E-state index in [1.165, 1.54) is 5.56 Å². The van der Waals surface area contributed by atoms with Crippen molar-refractivity contribution in [1.82, 2.24) is 4.98 Å². The third-order valence-electron chi connectivity index (χ3n) is 3.79. The van der Waals surface area contributed by atoms with Crippen LogP contribution in [0.15, 0.2) is 53.9 Å². The second kappa shape index (κ2) is 5.91. The van der Waals surface area contributed by atoms with Gasteiger partial charge in [0.15, 0.2) is 0 Å². The third kappa shape index (κ3) is 3.53. The van der Waals surface area contributed by atoms with Crippen molar-refractivity contribution in [2.45, 2.75) is 39.7 Å². The number of aromatic nitrogens is 1. The van der Waals surface area contributed by atoms with E-state index < -0.39 is 0 Å². The van der Waals surface area contributed by atoms with E-state index in [1.807, 2.05) is 12.3 Å². The van der Waals surface area contributed by atoms with Crippen molar-refractivity contribution < 1.29 is 4.84 Å². The summed E-state index contributed by atoms with van der Waals surface area (Å²) in [6.45, 7) is 6.70. The molecule has 0 amide bonds. The molecular weight excluding hydrogens is 272 g/mol. The molecule has 3 rings (SSSR count). The van der Waals surface area contributed by atoms with Gasteiger partial charge in [-0.2, -0.15) is 0 Å². The first-order chi connectivity index (χ1) is 10.5. The number of hydrogen-bond donors (Lipinski definition) is 0. The van der Waals surface area contributed by atoms with Gasteiger partial charge in [0.25, 0.3) is 0 Å². The predicted molar refractivity (Wildman–Crippen MR) is 89.8 cm³/mol. The van der Waals surface area contributed by atoms with Crippen LogP contribution in [-0.4, -0.2) is 16.8 Å². The van der Waals surface area contributed by atoms with Crippen molar-refractivity contribution in [3.63, 3.8) is 0 Å². The van der Waals surface area contributed by atoms with Gasteiger partial charge < -0.3 is 4.84 Å². The summed E-state index contributed by atoms with van der Waals surface area (Å²) in [5.41, 5.74) is 4.75. The van der Waals surface area contributed by atoms with Gasteiger partial charge in [-0.05, 0) is 34.6 Å². The number of pyridine rings is 1. The van der Waals surface area contributed by atoms with E-state index in [9.17, 15) is 0 Å². The first-order valence-electron chi connectivity index (χ1n) is 7.75. The van der Waals surface area contributed by atoms with Crippen molar-refractivity contribution in [2.75, 3.05) is 0 Å². The summed E-state index contributed by atoms with van der Waals surface area (Å²) in [7, 11) is 0. The quantitative estimate of drug-likeness (QED) is 0.824. The molecule has 1 aromatic carbocycles. The normalized spacial score (nSPS) is 18.0. The summed E-state index contributed by atoms with van der Waals surface area (Å²) < 4.78 is 0. The Bertz CT molecular complexity index is 654. The van der Waals surface area contributed by atoms with Gasteiger partial charge in [0.05, 0.1) is 5.71 Å². The average Bonchev–Trinajstić information content (AvgIpc) is 2.95. The number of hydrogen-bond acceptors (Lipinski definition) is 3. The molecule has 1 aliphatic heterocycles. The zero-order valence-corrected chi connectivity index (χ0v) is 13.4. The lowest BCUT2D eigenvalue weighted by Gasteiger charge is -2.21. The maximum atomic E-state index is 5.59. The average molecular weight is 294 g/mol. The lowest BCUT2D eigenvalue weighted by Crippen LogP contribution is -2.18. The maximum Gasteiger partial charge on any atom is 0.133 e. The molecule has 1 aliphatic rings. The Morgan fingerprint density at radius 3 is 2.41 bits per heavy atom. The number of rotatable bonds is 3. The zero-order valence-electron chi connectivity index (χ0n) is 13.4. The van der Waals surface area contributed by atoms with Gasteiger partial charge in [-0.25, -0.2) is 0 Å². The summed E-state index contributed by atoms with van der Waals surface area (Å²) in [4.78, 5) is 9.75. The minimum Gasteiger partial charge on any atom is -0.392 e. The second-order valence-corrected chi connectivity index (χ2v) is 7.05. The largest absolute Gasteiger partial charge is 0.392 e. The van der Waals surface area contributed by atoms with E-state index in [1.54, 1.807) is 6.20 Å². The Balaban J connectivity index is 1.70. The number of nitrogens with zero attached hydrogens (tertiary/aromatic N) is 2. The number of oxime groups is 1. The Kier molecular flexibility index (Phi) is 3.97. The molecule has 0 N–H and O–H groups in total. The van der Waals surface area contributed by atoms with Crippen molar-refractivity contribution in [3.05, 3.63) is 54.4 Å². The Morgan fingerprint density at radius 2 is 1.77 bits per heavy atom. The molecule has 1 atom stereocenters. The highest BCUT2D eigenvalue weighted by molar-refractivity contribution is 6.01. The molecule has 0 radical (unpaired) electrons. The zero-order chi connectivity index (χ0) is 15.6. The first-order valence-corrected chi connectivity index (χ1v) is 7.75. The van der Waals surface area contributed by atoms with Gasteiger partial charge in [0.1, 0.15) is 6.10 Å². The van der Waals surface area contributed by atoms with Crippen LogP contribution in [0.3, 0.4) is 0 Å². The van der Waals surface area contributed by atoms with Crippen molar-refractivity contribution in [1.29, 1.82) is 0 Å². The van der Waals surface area contributed by atoms with Crippen LogP contribution < -0.4 is 0 Å². The first kappa shape index (κ1) is 14.8. The fourth-order valence-corrected chi connectivity index (χ4v) is 2.78. The van der Waals surface area contributed by atoms with Gasteiger partial charge in [-0.15, -0.1) is 0 Å². The molecule has 0 saturated carbocycles. The summed E-state index contributed by atoms with van der Waals surface area (Å²) in [5.74, 6) is 0. The van der Waals surface area contributed by atoms with E-state index in [4.69, 9.17) is 4.84 Å². The molecule has 1 aromatic heterocycles. The maximum absolute atomic E-state index is 5.59. The van der Waals surface area contributed by atoms with Crippen molar-refractivity contribution in [3.8, 4) is 11.1 Å². The smallest absolute Gasteiger partial charge is 0.133 e. The Hall–Kier alpha value is -2.16. The Morgan fingerprint density at radius 1 is 1.05 bits per heavy atom. The summed E-state index contributed by atoms with van der Waals surface area (Å²) in [5, 5.41) is 4.28. The van der Waals surface area contributed by atoms with E-state index in [2.05, 4.69) is 61.2 Å². The fraction of sp³-hybridized carbons (Fsp3) is 0.368. The van der Waals surface area contributed by atoms with Gasteiger partial charge in [-0.1, -0.05) is 56.3 Å². The van der Waals surface area contributed by atoms with Crippen LogP contribution in [0.4, 0.5) is 0 Å². The molecule has 0 spiro atoms. The molecule has 3 heteroatoms. The van der Waals surface area contributed by atoms with E-state index >= 15 is 0 Å². The molecule has 22 heavy (non-hydrogen) atoms. The molecule has 0 aliphatic carbocycles. The van der Waals surface area contributed by atoms with Crippen LogP contribution in [-0.2, 0) is 4.84 Å². The van der Waals surface area contributed by atoms with Crippen LogP contribution in [0, 0.1) is 5.41 Å². The van der Waals surface area contributed by atoms with Crippen LogP contribution in [0.5, 0.6) is 0 Å². The molecule has 2 aromatic rings. The van der Waals surface area contributed by atoms with Crippen LogP contribution in [0.25, 0.3) is 11.1 Å². The highest BCUT2D eigenvalue weighted by atomic mass is 16.6. The van der Waals surface area contributed by atoms with E-state index in [0.717, 1.165) is 29.7 Å². The highest BCUT2D eigenvalue weighted by Crippen LogP contribution is 2.29. The van der Waals surface area contributed by atoms with E-state index in [0.29, 0.717) is 0 Å². The molecule has 114 valence electrons. The molecule has 0 saturated heterocycles. The minimum absolute atomic E-state index is 0.202. The van der Waals surface area contributed by atoms with Gasteiger partial charge in [0, 0.05) is 18.8 Å². The standard InChI is InChI=1S/C19H22N2O/c1-19(2,3)12-17-11-18(21-22-17)15-8-6-14(7-9-15)16-5-4-10-20-13-16/h4-10,13,17H,11-12H2,1-3H3/t17-/m0/s1. The molecule has 0 unspecified atom stereocenters. The minimum atomic E-state index is 0.202. The van der Waals surface area contributed by atoms with Crippen LogP contribution in [0.2, 0.25) is 0 Å². The summed E-state index contributed by atoms with van der Waals surface area (Å²) in [6, 6.07) is 12.5. The molecule has 0 fully saturated rings. The predicted octanol–water partition coefficient (Wildman–Crippen LogP) is 4.68. The van der Waals surface area contributed by atoms with E-state index in [-0.39, 0.29) is 11.5 Å². The second-order valence-electron chi connectivity index (χ2n) is 7.05. The molecule has 2 heterocycles. The van der Waals surface area contributed by atoms with Crippen molar-refractivity contribution >= 4 is 5.71 Å². The highest BCUT2D eigenvalue weighted by Gasteiger charge is 2.26. The Labute approximate surface area is 132 Å². The van der Waals surface area contributed by atoms with Crippen molar-refractivity contribution in [2.24, 2.45) is 10.6 Å². The molecule has 3 nitrogen and oxygen atoms in total. The lowest BCUT2D eigenvalue weighted by molar-refractivity contribution is 0.0540. The lowest BCUT2D eigenvalue weighted by atomic mass is 9.87. The monoisotopic (exact) mass is 294 g/mol. The number of benzene rings is 1. The molecule has 0 bridgehead atoms. The van der Waals surface area contributed by atoms with Gasteiger partial charge >= 0.3 is 0 Å². The third-order valence-corrected chi connectivity index (χ3v) is 3.79. The van der Waals surface area contributed by atoms with Gasteiger partial charge in [0.2, 0.25) is 0 Å². The van der Waals surface area contributed by atoms with Crippen LogP contribution in [0.1, 0.15) is 39.2 Å². The summed E-state index contributed by atoms with van der Waals surface area (Å²) in [6.07, 6.45) is 5.78.